The van der Waals surface area contributed by atoms with Gasteiger partial charge in [0.1, 0.15) is 12.3 Å². The summed E-state index contributed by atoms with van der Waals surface area (Å²) in [6.45, 7) is 8.58. The highest BCUT2D eigenvalue weighted by Gasteiger charge is 2.36. The Morgan fingerprint density at radius 3 is 2.52 bits per heavy atom. The average Bonchev–Trinajstić information content (AvgIpc) is 3.25. The minimum Gasteiger partial charge on any atom is -0.497 e. The van der Waals surface area contributed by atoms with Crippen LogP contribution in [-0.2, 0) is 18.5 Å². The predicted octanol–water partition coefficient (Wildman–Crippen LogP) is 2.56. The normalized spacial score (nSPS) is 17.6. The van der Waals surface area contributed by atoms with Crippen LogP contribution in [0.25, 0.3) is 0 Å². The van der Waals surface area contributed by atoms with E-state index in [0.717, 1.165) is 37.5 Å². The van der Waals surface area contributed by atoms with Crippen LogP contribution in [0, 0.1) is 0 Å². The third kappa shape index (κ3) is 3.77. The van der Waals surface area contributed by atoms with Gasteiger partial charge in [0.15, 0.2) is 6.04 Å². The van der Waals surface area contributed by atoms with Crippen LogP contribution in [0.1, 0.15) is 55.7 Å². The van der Waals surface area contributed by atoms with E-state index in [1.54, 1.807) is 7.11 Å². The highest BCUT2D eigenvalue weighted by atomic mass is 16.5. The molecule has 1 aliphatic rings. The van der Waals surface area contributed by atoms with Crippen molar-refractivity contribution >= 4 is 0 Å². The molecule has 4 rings (SSSR count). The van der Waals surface area contributed by atoms with Crippen molar-refractivity contribution in [2.24, 2.45) is 0 Å². The van der Waals surface area contributed by atoms with Gasteiger partial charge in [-0.2, -0.15) is 0 Å². The van der Waals surface area contributed by atoms with Gasteiger partial charge in [-0.05, 0) is 60.5 Å². The van der Waals surface area contributed by atoms with E-state index in [1.807, 2.05) is 16.8 Å². The molecule has 152 valence electrons. The first-order chi connectivity index (χ1) is 14.0. The maximum absolute atomic E-state index is 5.37. The summed E-state index contributed by atoms with van der Waals surface area (Å²) in [5.74, 6) is 1.79. The van der Waals surface area contributed by atoms with Crippen LogP contribution < -0.4 is 9.64 Å². The molecule has 0 aliphatic carbocycles. The third-order valence-corrected chi connectivity index (χ3v) is 6.30. The highest BCUT2D eigenvalue weighted by molar-refractivity contribution is 5.32. The van der Waals surface area contributed by atoms with E-state index < -0.39 is 0 Å². The molecule has 1 unspecified atom stereocenters. The molecule has 0 spiro atoms. The van der Waals surface area contributed by atoms with Crippen molar-refractivity contribution in [2.45, 2.75) is 51.7 Å². The number of aromatic nitrogens is 4. The number of hydrogen-bond donors (Lipinski definition) is 1. The molecule has 1 aliphatic heterocycles. The van der Waals surface area contributed by atoms with Gasteiger partial charge in [-0.1, -0.05) is 31.2 Å². The molecule has 1 N–H and O–H groups in total. The quantitative estimate of drug-likeness (QED) is 0.701. The summed E-state index contributed by atoms with van der Waals surface area (Å²) in [4.78, 5) is 1.47. The Morgan fingerprint density at radius 1 is 1.10 bits per heavy atom. The van der Waals surface area contributed by atoms with Crippen molar-refractivity contribution < 1.29 is 9.64 Å². The molecule has 1 aromatic heterocycles. The van der Waals surface area contributed by atoms with Crippen LogP contribution in [0.3, 0.4) is 0 Å². The second kappa shape index (κ2) is 7.95. The van der Waals surface area contributed by atoms with Crippen molar-refractivity contribution in [1.29, 1.82) is 0 Å². The van der Waals surface area contributed by atoms with Crippen LogP contribution in [-0.4, -0.2) is 33.9 Å². The van der Waals surface area contributed by atoms with Crippen molar-refractivity contribution in [2.75, 3.05) is 13.7 Å². The maximum atomic E-state index is 5.37. The summed E-state index contributed by atoms with van der Waals surface area (Å²) in [5.41, 5.74) is 3.94. The molecule has 0 saturated heterocycles. The molecule has 0 saturated carbocycles. The molecule has 0 amide bonds. The van der Waals surface area contributed by atoms with Crippen molar-refractivity contribution in [3.63, 3.8) is 0 Å². The van der Waals surface area contributed by atoms with Crippen LogP contribution >= 0.6 is 0 Å². The number of fused-ring (bicyclic) bond motifs is 1. The summed E-state index contributed by atoms with van der Waals surface area (Å²) < 4.78 is 7.40. The number of tetrazole rings is 1. The Morgan fingerprint density at radius 2 is 1.83 bits per heavy atom. The molecule has 3 aromatic rings. The fourth-order valence-electron chi connectivity index (χ4n) is 4.17. The summed E-state index contributed by atoms with van der Waals surface area (Å²) in [6, 6.07) is 17.2. The zero-order chi connectivity index (χ0) is 20.4. The lowest BCUT2D eigenvalue weighted by atomic mass is 9.95. The van der Waals surface area contributed by atoms with Crippen molar-refractivity contribution in [3.05, 3.63) is 71.0 Å². The molecular weight excluding hydrogens is 362 g/mol. The van der Waals surface area contributed by atoms with Gasteiger partial charge in [0.05, 0.1) is 19.2 Å². The topological polar surface area (TPSA) is 57.3 Å². The lowest BCUT2D eigenvalue weighted by molar-refractivity contribution is -0.941. The molecule has 29 heavy (non-hydrogen) atoms. The Hall–Kier alpha value is -2.73. The Bertz CT molecular complexity index is 963. The number of nitrogens with one attached hydrogen (secondary N) is 1. The van der Waals surface area contributed by atoms with Crippen molar-refractivity contribution in [1.82, 2.24) is 20.2 Å². The SMILES string of the molecule is CCC(C)(C)n1nnnc1[C@H](c1ccc(OC)cc1)[NH+]1CCc2ccccc2C1. The van der Waals surface area contributed by atoms with Gasteiger partial charge in [0.2, 0.25) is 5.82 Å². The largest absolute Gasteiger partial charge is 0.497 e. The smallest absolute Gasteiger partial charge is 0.214 e. The van der Waals surface area contributed by atoms with Crippen LogP contribution in [0.2, 0.25) is 0 Å². The molecule has 2 atom stereocenters. The van der Waals surface area contributed by atoms with Crippen LogP contribution in [0.4, 0.5) is 0 Å². The average molecular weight is 393 g/mol. The monoisotopic (exact) mass is 392 g/mol. The first-order valence-electron chi connectivity index (χ1n) is 10.4. The van der Waals surface area contributed by atoms with Crippen LogP contribution in [0.5, 0.6) is 5.75 Å². The molecule has 0 radical (unpaired) electrons. The third-order valence-electron chi connectivity index (χ3n) is 6.30. The number of ether oxygens (including phenoxy) is 1. The van der Waals surface area contributed by atoms with Gasteiger partial charge in [-0.3, -0.25) is 0 Å². The molecule has 0 bridgehead atoms. The van der Waals surface area contributed by atoms with Crippen molar-refractivity contribution in [3.8, 4) is 5.75 Å². The second-order valence-corrected chi connectivity index (χ2v) is 8.42. The van der Waals surface area contributed by atoms with Gasteiger partial charge in [0, 0.05) is 17.5 Å². The van der Waals surface area contributed by atoms with E-state index in [-0.39, 0.29) is 11.6 Å². The van der Waals surface area contributed by atoms with E-state index in [9.17, 15) is 0 Å². The molecule has 2 aromatic carbocycles. The standard InChI is InChI=1S/C23H29N5O/c1-5-23(2,3)28-22(24-25-26-28)21(18-10-12-20(29-4)13-11-18)27-15-14-17-8-6-7-9-19(17)16-27/h6-13,21H,5,14-16H2,1-4H3/p+1/t21-/m0/s1. The number of nitrogens with zero attached hydrogens (tertiary/aromatic N) is 4. The van der Waals surface area contributed by atoms with E-state index >= 15 is 0 Å². The number of quaternary nitrogens is 1. The van der Waals surface area contributed by atoms with E-state index in [2.05, 4.69) is 72.7 Å². The molecular formula is C23H30N5O+. The van der Waals surface area contributed by atoms with E-state index in [4.69, 9.17) is 4.74 Å². The number of hydrogen-bond acceptors (Lipinski definition) is 4. The predicted molar refractivity (Wildman–Crippen MR) is 112 cm³/mol. The van der Waals surface area contributed by atoms with Gasteiger partial charge >= 0.3 is 0 Å². The number of rotatable bonds is 6. The summed E-state index contributed by atoms with van der Waals surface area (Å²) in [7, 11) is 1.70. The minimum atomic E-state index is -0.142. The lowest BCUT2D eigenvalue weighted by Gasteiger charge is -2.34. The summed E-state index contributed by atoms with van der Waals surface area (Å²) in [6.07, 6.45) is 2.02. The number of methoxy groups -OCH3 is 1. The second-order valence-electron chi connectivity index (χ2n) is 8.42. The van der Waals surface area contributed by atoms with Gasteiger partial charge in [0.25, 0.3) is 0 Å². The molecule has 6 nitrogen and oxygen atoms in total. The fourth-order valence-corrected chi connectivity index (χ4v) is 4.17. The Kier molecular flexibility index (Phi) is 5.37. The first kappa shape index (κ1) is 19.6. The Balaban J connectivity index is 1.78. The summed E-state index contributed by atoms with van der Waals surface area (Å²) >= 11 is 0. The van der Waals surface area contributed by atoms with Gasteiger partial charge < -0.3 is 9.64 Å². The van der Waals surface area contributed by atoms with Gasteiger partial charge in [-0.15, -0.1) is 5.10 Å². The van der Waals surface area contributed by atoms with E-state index in [1.165, 1.54) is 21.6 Å². The first-order valence-corrected chi connectivity index (χ1v) is 10.4. The maximum Gasteiger partial charge on any atom is 0.214 e. The highest BCUT2D eigenvalue weighted by Crippen LogP contribution is 2.26. The zero-order valence-corrected chi connectivity index (χ0v) is 17.7. The zero-order valence-electron chi connectivity index (χ0n) is 17.7. The van der Waals surface area contributed by atoms with Crippen LogP contribution in [0.15, 0.2) is 48.5 Å². The lowest BCUT2D eigenvalue weighted by Crippen LogP contribution is -3.12. The van der Waals surface area contributed by atoms with Gasteiger partial charge in [-0.25, -0.2) is 4.68 Å². The van der Waals surface area contributed by atoms with E-state index in [0.29, 0.717) is 0 Å². The Labute approximate surface area is 172 Å². The molecule has 0 fully saturated rings. The minimum absolute atomic E-state index is 0.0649. The summed E-state index contributed by atoms with van der Waals surface area (Å²) in [5, 5.41) is 13.0. The molecule has 6 heteroatoms. The fraction of sp³-hybridized carbons (Fsp3) is 0.435. The molecule has 2 heterocycles. The number of benzene rings is 2.